The summed E-state index contributed by atoms with van der Waals surface area (Å²) in [6.45, 7) is 22.3. The van der Waals surface area contributed by atoms with E-state index in [-0.39, 0.29) is 18.1 Å². The highest BCUT2D eigenvalue weighted by Gasteiger charge is 2.60. The Bertz CT molecular complexity index is 1750. The van der Waals surface area contributed by atoms with Crippen molar-refractivity contribution in [2.45, 2.75) is 218 Å². The lowest BCUT2D eigenvalue weighted by Gasteiger charge is -2.49. The number of carbonyl (C=O) groups is 1. The van der Waals surface area contributed by atoms with Gasteiger partial charge in [-0.1, -0.05) is 55.4 Å². The fourth-order valence-corrected chi connectivity index (χ4v) is 9.82. The van der Waals surface area contributed by atoms with E-state index in [1.807, 2.05) is 59.8 Å². The maximum atomic E-state index is 14.4. The number of ether oxygens (including phenoxy) is 6. The Morgan fingerprint density at radius 1 is 0.719 bits per heavy atom. The van der Waals surface area contributed by atoms with Gasteiger partial charge in [-0.3, -0.25) is 4.79 Å². The topological polar surface area (TPSA) is 255 Å². The maximum absolute atomic E-state index is 14.4. The van der Waals surface area contributed by atoms with Crippen LogP contribution in [0.1, 0.15) is 108 Å². The van der Waals surface area contributed by atoms with Crippen LogP contribution in [0.5, 0.6) is 0 Å². The standard InChI is InChI=1S/C48H76O16/c1-22(2)14-16-32(49)25(6)21-31-43(57)47(11)19-12-13-30(47)26(7)48(31,58)20-18-24(5)33(17-15-23(3)4)62-44-39(55)36(52)41(28(9)60-44)64-46-40(56)37(53)42(29(10)61-46)63-45-38(54)35(51)34(50)27(8)59-45/h14-15,18,21,27-42,44-46,49-56,58H,7,12-13,16-17,19-20H2,1-6,8-11H3. The van der Waals surface area contributed by atoms with Gasteiger partial charge in [-0.05, 0) is 117 Å². The number of fused-ring (bicyclic) bond motifs is 1. The summed E-state index contributed by atoms with van der Waals surface area (Å²) in [6.07, 6.45) is -12.2. The van der Waals surface area contributed by atoms with E-state index in [0.29, 0.717) is 36.0 Å². The van der Waals surface area contributed by atoms with Gasteiger partial charge in [0.25, 0.3) is 0 Å². The Morgan fingerprint density at radius 3 is 1.78 bits per heavy atom. The van der Waals surface area contributed by atoms with Crippen LogP contribution in [0.15, 0.2) is 58.7 Å². The Balaban J connectivity index is 1.30. The zero-order valence-electron chi connectivity index (χ0n) is 39.1. The van der Waals surface area contributed by atoms with Crippen LogP contribution in [0, 0.1) is 17.3 Å². The average Bonchev–Trinajstić information content (AvgIpc) is 3.65. The summed E-state index contributed by atoms with van der Waals surface area (Å²) in [6, 6.07) is 0. The highest BCUT2D eigenvalue weighted by atomic mass is 16.8. The molecule has 0 spiro atoms. The molecule has 5 rings (SSSR count). The van der Waals surface area contributed by atoms with Crippen LogP contribution in [0.4, 0.5) is 0 Å². The summed E-state index contributed by atoms with van der Waals surface area (Å²) >= 11 is 0. The maximum Gasteiger partial charge on any atom is 0.187 e. The zero-order valence-corrected chi connectivity index (χ0v) is 39.1. The first-order valence-electron chi connectivity index (χ1n) is 22.8. The van der Waals surface area contributed by atoms with Gasteiger partial charge in [0.1, 0.15) is 66.3 Å². The van der Waals surface area contributed by atoms with Crippen molar-refractivity contribution in [1.82, 2.24) is 0 Å². The van der Waals surface area contributed by atoms with Gasteiger partial charge in [0.2, 0.25) is 0 Å². The second-order valence-electron chi connectivity index (χ2n) is 19.7. The van der Waals surface area contributed by atoms with Crippen molar-refractivity contribution in [2.24, 2.45) is 17.3 Å². The molecule has 0 bridgehead atoms. The molecular formula is C48H76O16. The highest BCUT2D eigenvalue weighted by molar-refractivity contribution is 5.92. The normalized spacial score (nSPS) is 44.3. The smallest absolute Gasteiger partial charge is 0.187 e. The largest absolute Gasteiger partial charge is 0.388 e. The van der Waals surface area contributed by atoms with Crippen molar-refractivity contribution >= 4 is 5.78 Å². The third-order valence-corrected chi connectivity index (χ3v) is 14.2. The molecule has 0 aromatic rings. The molecule has 364 valence electrons. The molecule has 5 aliphatic rings. The van der Waals surface area contributed by atoms with E-state index < -0.39 is 121 Å². The van der Waals surface area contributed by atoms with Gasteiger partial charge in [-0.25, -0.2) is 0 Å². The molecule has 3 aliphatic heterocycles. The minimum atomic E-state index is -1.75. The average molecular weight is 909 g/mol. The molecule has 16 nitrogen and oxygen atoms in total. The van der Waals surface area contributed by atoms with Crippen molar-refractivity contribution < 1.29 is 79.2 Å². The first kappa shape index (κ1) is 52.7. The molecule has 2 aliphatic carbocycles. The lowest BCUT2D eigenvalue weighted by molar-refractivity contribution is -0.373. The number of Topliss-reactive ketones (excluding diaryl/α,β-unsaturated/α-hetero) is 1. The van der Waals surface area contributed by atoms with E-state index in [1.54, 1.807) is 19.9 Å². The van der Waals surface area contributed by atoms with Crippen molar-refractivity contribution in [3.05, 3.63) is 58.7 Å². The van der Waals surface area contributed by atoms with E-state index in [0.717, 1.165) is 24.0 Å². The first-order valence-corrected chi connectivity index (χ1v) is 22.8. The first-order chi connectivity index (χ1) is 29.8. The molecule has 64 heavy (non-hydrogen) atoms. The van der Waals surface area contributed by atoms with Crippen LogP contribution in [0.2, 0.25) is 0 Å². The molecule has 16 heteroatoms. The lowest BCUT2D eigenvalue weighted by Crippen LogP contribution is -2.65. The van der Waals surface area contributed by atoms with Gasteiger partial charge < -0.3 is 74.4 Å². The second kappa shape index (κ2) is 21.4. The third-order valence-electron chi connectivity index (χ3n) is 14.2. The predicted molar refractivity (Wildman–Crippen MR) is 234 cm³/mol. The number of aliphatic hydroxyl groups excluding tert-OH is 8. The second-order valence-corrected chi connectivity index (χ2v) is 19.7. The van der Waals surface area contributed by atoms with E-state index in [9.17, 15) is 50.8 Å². The van der Waals surface area contributed by atoms with Crippen LogP contribution >= 0.6 is 0 Å². The molecular weight excluding hydrogens is 833 g/mol. The summed E-state index contributed by atoms with van der Waals surface area (Å²) in [4.78, 5) is 14.4. The van der Waals surface area contributed by atoms with Gasteiger partial charge in [-0.15, -0.1) is 0 Å². The lowest BCUT2D eigenvalue weighted by atomic mass is 9.55. The van der Waals surface area contributed by atoms with Crippen molar-refractivity contribution in [1.29, 1.82) is 0 Å². The number of hydrogen-bond donors (Lipinski definition) is 9. The fourth-order valence-electron chi connectivity index (χ4n) is 9.82. The van der Waals surface area contributed by atoms with E-state index >= 15 is 0 Å². The third kappa shape index (κ3) is 11.0. The Hall–Kier alpha value is -2.23. The monoisotopic (exact) mass is 909 g/mol. The van der Waals surface area contributed by atoms with Crippen molar-refractivity contribution in [3.63, 3.8) is 0 Å². The highest BCUT2D eigenvalue weighted by Crippen LogP contribution is 2.58. The molecule has 21 unspecified atom stereocenters. The van der Waals surface area contributed by atoms with E-state index in [4.69, 9.17) is 28.4 Å². The number of rotatable bonds is 15. The van der Waals surface area contributed by atoms with Gasteiger partial charge in [0, 0.05) is 5.41 Å². The van der Waals surface area contributed by atoms with Crippen LogP contribution in [-0.4, -0.2) is 162 Å². The van der Waals surface area contributed by atoms with Crippen LogP contribution in [0.3, 0.4) is 0 Å². The Morgan fingerprint density at radius 2 is 1.22 bits per heavy atom. The summed E-state index contributed by atoms with van der Waals surface area (Å²) in [5.74, 6) is -1.24. The molecule has 0 aromatic carbocycles. The molecule has 3 saturated heterocycles. The summed E-state index contributed by atoms with van der Waals surface area (Å²) in [5.41, 5.74) is 1.54. The molecule has 9 N–H and O–H groups in total. The molecule has 21 atom stereocenters. The molecule has 3 heterocycles. The minimum absolute atomic E-state index is 0.0184. The van der Waals surface area contributed by atoms with E-state index in [2.05, 4.69) is 6.58 Å². The van der Waals surface area contributed by atoms with Gasteiger partial charge in [0.05, 0.1) is 36.4 Å². The molecule has 0 radical (unpaired) electrons. The van der Waals surface area contributed by atoms with Crippen molar-refractivity contribution in [3.8, 4) is 0 Å². The Labute approximate surface area is 377 Å². The van der Waals surface area contributed by atoms with Crippen LogP contribution in [-0.2, 0) is 33.2 Å². The number of hydrogen-bond acceptors (Lipinski definition) is 16. The zero-order chi connectivity index (χ0) is 47.7. The number of ketones is 1. The fraction of sp³-hybridized carbons (Fsp3) is 0.771. The molecule has 0 amide bonds. The predicted octanol–water partition coefficient (Wildman–Crippen LogP) is 2.55. The van der Waals surface area contributed by atoms with E-state index in [1.165, 1.54) is 13.8 Å². The molecule has 0 aromatic heterocycles. The van der Waals surface area contributed by atoms with Gasteiger partial charge >= 0.3 is 0 Å². The van der Waals surface area contributed by atoms with Crippen molar-refractivity contribution in [2.75, 3.05) is 0 Å². The summed E-state index contributed by atoms with van der Waals surface area (Å²) in [7, 11) is 0. The molecule has 2 saturated carbocycles. The number of aliphatic hydroxyl groups is 9. The quantitative estimate of drug-likeness (QED) is 0.107. The van der Waals surface area contributed by atoms with Crippen LogP contribution in [0.25, 0.3) is 0 Å². The molecule has 5 fully saturated rings. The minimum Gasteiger partial charge on any atom is -0.388 e. The summed E-state index contributed by atoms with van der Waals surface area (Å²) in [5, 5.41) is 99.5. The van der Waals surface area contributed by atoms with Gasteiger partial charge in [0.15, 0.2) is 18.9 Å². The SMILES string of the molecule is C=C1C2CCCC2(C)C(=O)C(C=C(C)C(O)CC=C(C)C)C1(O)CC=C(C)C(CC=C(C)C)OC1OC(C)C(OC2OC(C)C(OC3OC(C)C(O)C(O)C3O)C(O)C2O)C(O)C1O. The number of allylic oxidation sites excluding steroid dienone is 2. The summed E-state index contributed by atoms with van der Waals surface area (Å²) < 4.78 is 35.6. The van der Waals surface area contributed by atoms with Crippen LogP contribution < -0.4 is 0 Å². The number of carbonyl (C=O) groups excluding carboxylic acids is 1. The van der Waals surface area contributed by atoms with Gasteiger partial charge in [-0.2, -0.15) is 0 Å². The Kier molecular flexibility index (Phi) is 17.6.